The summed E-state index contributed by atoms with van der Waals surface area (Å²) in [5.74, 6) is 0. The summed E-state index contributed by atoms with van der Waals surface area (Å²) in [5, 5.41) is 0. The Balaban J connectivity index is 2.01. The van der Waals surface area contributed by atoms with Gasteiger partial charge in [-0.15, -0.1) is 0 Å². The Hall–Kier alpha value is -2.48. The predicted octanol–water partition coefficient (Wildman–Crippen LogP) is 19.1. The van der Waals surface area contributed by atoms with Crippen LogP contribution < -0.4 is 0 Å². The fraction of sp³-hybridized carbons (Fsp3) is 0.714. The van der Waals surface area contributed by atoms with Gasteiger partial charge in [-0.1, -0.05) is 213 Å². The van der Waals surface area contributed by atoms with Crippen LogP contribution in [0.15, 0.2) is 58.5 Å². The first kappa shape index (κ1) is 51.7. The van der Waals surface area contributed by atoms with Gasteiger partial charge in [0, 0.05) is 0 Å². The standard InChI is InChI=1S/C56H94N2/c1-6-11-16-17-18-19-20-21-22-23-24-25-26-27-28-29-30-31-32-37-42-54(58-56-47-52(40-35-14-9-4)44-53(48-56)41-36-15-10-5)49-57-55-45-50(38-33-12-7-2)43-51(46-55)39-34-13-8-3/h37,42-49H,6-36,38-41H2,1-5H3. The van der Waals surface area contributed by atoms with Crippen molar-refractivity contribution in [3.8, 4) is 0 Å². The smallest absolute Gasteiger partial charge is 0.0816 e. The van der Waals surface area contributed by atoms with Gasteiger partial charge in [0.2, 0.25) is 0 Å². The highest BCUT2D eigenvalue weighted by atomic mass is 14.8. The summed E-state index contributed by atoms with van der Waals surface area (Å²) >= 11 is 0. The minimum absolute atomic E-state index is 0.969. The molecular formula is C56H94N2. The zero-order valence-corrected chi connectivity index (χ0v) is 39.3. The average molecular weight is 795 g/mol. The van der Waals surface area contributed by atoms with Crippen molar-refractivity contribution in [2.45, 2.75) is 259 Å². The molecule has 0 saturated heterocycles. The normalized spacial score (nSPS) is 12.2. The van der Waals surface area contributed by atoms with E-state index in [2.05, 4.69) is 83.2 Å². The van der Waals surface area contributed by atoms with E-state index in [0.29, 0.717) is 0 Å². The molecule has 0 N–H and O–H groups in total. The Kier molecular flexibility index (Phi) is 33.4. The van der Waals surface area contributed by atoms with Crippen LogP contribution in [0.25, 0.3) is 0 Å². The van der Waals surface area contributed by atoms with Crippen LogP contribution in [-0.2, 0) is 25.7 Å². The molecule has 2 nitrogen and oxygen atoms in total. The highest BCUT2D eigenvalue weighted by Gasteiger charge is 2.05. The summed E-state index contributed by atoms with van der Waals surface area (Å²) in [4.78, 5) is 10.5. The van der Waals surface area contributed by atoms with E-state index < -0.39 is 0 Å². The molecule has 0 radical (unpaired) electrons. The van der Waals surface area contributed by atoms with Crippen LogP contribution in [0, 0.1) is 0 Å². The van der Waals surface area contributed by atoms with Crippen molar-refractivity contribution in [3.05, 3.63) is 70.8 Å². The van der Waals surface area contributed by atoms with Crippen molar-refractivity contribution < 1.29 is 0 Å². The molecule has 2 aromatic carbocycles. The van der Waals surface area contributed by atoms with E-state index in [-0.39, 0.29) is 0 Å². The number of aliphatic imine (C=N–C) groups is 2. The molecule has 0 spiro atoms. The van der Waals surface area contributed by atoms with E-state index in [9.17, 15) is 0 Å². The molecule has 0 aliphatic rings. The molecule has 2 aromatic rings. The highest BCUT2D eigenvalue weighted by Crippen LogP contribution is 2.24. The number of hydrogen-bond acceptors (Lipinski definition) is 2. The molecule has 2 heteroatoms. The van der Waals surface area contributed by atoms with E-state index in [1.807, 2.05) is 6.21 Å². The van der Waals surface area contributed by atoms with Crippen molar-refractivity contribution in [3.63, 3.8) is 0 Å². The van der Waals surface area contributed by atoms with Gasteiger partial charge in [-0.2, -0.15) is 0 Å². The summed E-state index contributed by atoms with van der Waals surface area (Å²) in [6, 6.07) is 14.2. The van der Waals surface area contributed by atoms with E-state index >= 15 is 0 Å². The van der Waals surface area contributed by atoms with Crippen molar-refractivity contribution in [1.29, 1.82) is 0 Å². The number of unbranched alkanes of at least 4 members (excludes halogenated alkanes) is 26. The monoisotopic (exact) mass is 795 g/mol. The van der Waals surface area contributed by atoms with E-state index in [4.69, 9.17) is 9.98 Å². The minimum Gasteiger partial charge on any atom is -0.255 e. The van der Waals surface area contributed by atoms with Crippen LogP contribution in [0.4, 0.5) is 11.4 Å². The van der Waals surface area contributed by atoms with Gasteiger partial charge in [0.05, 0.1) is 23.3 Å². The topological polar surface area (TPSA) is 24.7 Å². The Morgan fingerprint density at radius 1 is 0.362 bits per heavy atom. The van der Waals surface area contributed by atoms with Gasteiger partial charge < -0.3 is 0 Å². The fourth-order valence-corrected chi connectivity index (χ4v) is 8.29. The SMILES string of the molecule is CCCCCCCCCCCCCCCCCCCCC=CC(C=Nc1cc(CCCCC)cc(CCCCC)c1)=Nc1cc(CCCCC)cc(CCCCC)c1. The Morgan fingerprint density at radius 3 is 1.03 bits per heavy atom. The summed E-state index contributed by atoms with van der Waals surface area (Å²) < 4.78 is 0. The van der Waals surface area contributed by atoms with Gasteiger partial charge in [0.1, 0.15) is 0 Å². The number of benzene rings is 2. The number of nitrogens with zero attached hydrogens (tertiary/aromatic N) is 2. The first-order valence-electron chi connectivity index (χ1n) is 25.7. The third-order valence-corrected chi connectivity index (χ3v) is 12.0. The molecular weight excluding hydrogens is 701 g/mol. The Labute approximate surface area is 362 Å². The van der Waals surface area contributed by atoms with Crippen LogP contribution in [0.2, 0.25) is 0 Å². The maximum absolute atomic E-state index is 5.32. The molecule has 2 rings (SSSR count). The lowest BCUT2D eigenvalue weighted by molar-refractivity contribution is 0.525. The van der Waals surface area contributed by atoms with Crippen molar-refractivity contribution in [2.75, 3.05) is 0 Å². The molecule has 0 unspecified atom stereocenters. The van der Waals surface area contributed by atoms with E-state index in [0.717, 1.165) is 49.2 Å². The van der Waals surface area contributed by atoms with Crippen molar-refractivity contribution in [2.24, 2.45) is 9.98 Å². The van der Waals surface area contributed by atoms with E-state index in [1.54, 1.807) is 0 Å². The van der Waals surface area contributed by atoms with Crippen LogP contribution in [-0.4, -0.2) is 11.9 Å². The van der Waals surface area contributed by atoms with Gasteiger partial charge >= 0.3 is 0 Å². The molecule has 0 amide bonds. The molecule has 0 bridgehead atoms. The molecule has 0 saturated carbocycles. The molecule has 0 fully saturated rings. The maximum Gasteiger partial charge on any atom is 0.0816 e. The molecule has 328 valence electrons. The zero-order chi connectivity index (χ0) is 41.6. The van der Waals surface area contributed by atoms with Gasteiger partial charge in [0.25, 0.3) is 0 Å². The second kappa shape index (κ2) is 37.5. The fourth-order valence-electron chi connectivity index (χ4n) is 8.29. The van der Waals surface area contributed by atoms with Crippen LogP contribution in [0.3, 0.4) is 0 Å². The van der Waals surface area contributed by atoms with Crippen molar-refractivity contribution in [1.82, 2.24) is 0 Å². The zero-order valence-electron chi connectivity index (χ0n) is 39.3. The summed E-state index contributed by atoms with van der Waals surface area (Å²) in [6.07, 6.45) is 53.1. The second-order valence-corrected chi connectivity index (χ2v) is 17.8. The molecule has 0 aliphatic carbocycles. The first-order valence-corrected chi connectivity index (χ1v) is 25.7. The van der Waals surface area contributed by atoms with Crippen molar-refractivity contribution >= 4 is 23.3 Å². The molecule has 0 aromatic heterocycles. The second-order valence-electron chi connectivity index (χ2n) is 17.8. The third kappa shape index (κ3) is 28.1. The lowest BCUT2D eigenvalue weighted by Gasteiger charge is -2.09. The summed E-state index contributed by atoms with van der Waals surface area (Å²) in [7, 11) is 0. The summed E-state index contributed by atoms with van der Waals surface area (Å²) in [5.41, 5.74) is 8.90. The number of allylic oxidation sites excluding steroid dienone is 2. The van der Waals surface area contributed by atoms with Crippen LogP contribution in [0.5, 0.6) is 0 Å². The third-order valence-electron chi connectivity index (χ3n) is 12.0. The lowest BCUT2D eigenvalue weighted by Crippen LogP contribution is -1.97. The lowest BCUT2D eigenvalue weighted by atomic mass is 10.00. The first-order chi connectivity index (χ1) is 28.6. The maximum atomic E-state index is 5.32. The number of hydrogen-bond donors (Lipinski definition) is 0. The van der Waals surface area contributed by atoms with Gasteiger partial charge in [-0.3, -0.25) is 4.99 Å². The number of rotatable bonds is 39. The van der Waals surface area contributed by atoms with Crippen LogP contribution in [0.1, 0.15) is 256 Å². The Morgan fingerprint density at radius 2 is 0.672 bits per heavy atom. The quantitative estimate of drug-likeness (QED) is 0.0476. The average Bonchev–Trinajstić information content (AvgIpc) is 3.22. The number of aryl methyl sites for hydroxylation is 4. The molecule has 0 aliphatic heterocycles. The van der Waals surface area contributed by atoms with Gasteiger partial charge in [-0.05, 0) is 117 Å². The van der Waals surface area contributed by atoms with Gasteiger partial charge in [-0.25, -0.2) is 4.99 Å². The van der Waals surface area contributed by atoms with Crippen LogP contribution >= 0.6 is 0 Å². The minimum atomic E-state index is 0.969. The summed E-state index contributed by atoms with van der Waals surface area (Å²) in [6.45, 7) is 11.5. The van der Waals surface area contributed by atoms with E-state index in [1.165, 1.54) is 215 Å². The predicted molar refractivity (Wildman–Crippen MR) is 264 cm³/mol. The highest BCUT2D eigenvalue weighted by molar-refractivity contribution is 6.36. The Bertz CT molecular complexity index is 1280. The van der Waals surface area contributed by atoms with Gasteiger partial charge in [0.15, 0.2) is 0 Å². The largest absolute Gasteiger partial charge is 0.255 e. The molecule has 58 heavy (non-hydrogen) atoms. The molecule has 0 heterocycles. The molecule has 0 atom stereocenters.